The molecule has 0 radical (unpaired) electrons. The summed E-state index contributed by atoms with van der Waals surface area (Å²) in [4.78, 5) is 0. The summed E-state index contributed by atoms with van der Waals surface area (Å²) in [6.07, 6.45) is 1.02. The molecule has 0 spiro atoms. The van der Waals surface area contributed by atoms with E-state index in [0.717, 1.165) is 17.9 Å². The van der Waals surface area contributed by atoms with Crippen LogP contribution in [0.3, 0.4) is 0 Å². The van der Waals surface area contributed by atoms with Gasteiger partial charge in [0.05, 0.1) is 5.82 Å². The first-order valence-corrected chi connectivity index (χ1v) is 8.54. The van der Waals surface area contributed by atoms with Crippen LogP contribution in [0.25, 0.3) is 5.57 Å². The molecule has 0 amide bonds. The zero-order valence-corrected chi connectivity index (χ0v) is 15.0. The van der Waals surface area contributed by atoms with Gasteiger partial charge in [-0.25, -0.2) is 0 Å². The highest BCUT2D eigenvalue weighted by molar-refractivity contribution is 5.75. The van der Waals surface area contributed by atoms with Gasteiger partial charge in [-0.1, -0.05) is 43.0 Å². The highest BCUT2D eigenvalue weighted by Gasteiger charge is 2.22. The molecular formula is C22H26N2. The van der Waals surface area contributed by atoms with Gasteiger partial charge in [-0.2, -0.15) is 0 Å². The molecule has 2 N–H and O–H groups in total. The first-order chi connectivity index (χ1) is 11.5. The first-order valence-electron chi connectivity index (χ1n) is 8.54. The molecule has 2 aromatic carbocycles. The Bertz CT molecular complexity index is 814. The molecule has 1 aliphatic carbocycles. The van der Waals surface area contributed by atoms with Crippen molar-refractivity contribution in [2.45, 2.75) is 40.2 Å². The normalized spacial score (nSPS) is 14.3. The summed E-state index contributed by atoms with van der Waals surface area (Å²) in [6, 6.07) is 15.2. The van der Waals surface area contributed by atoms with Crippen molar-refractivity contribution >= 4 is 11.3 Å². The third-order valence-electron chi connectivity index (χ3n) is 5.09. The van der Waals surface area contributed by atoms with Crippen molar-refractivity contribution in [1.82, 2.24) is 5.32 Å². The lowest BCUT2D eigenvalue weighted by molar-refractivity contribution is 0.688. The Kier molecular flexibility index (Phi) is 4.48. The minimum atomic E-state index is 0.252. The highest BCUT2D eigenvalue weighted by Crippen LogP contribution is 2.34. The predicted molar refractivity (Wildman–Crippen MR) is 104 cm³/mol. The number of hydrogen-bond acceptors (Lipinski definition) is 2. The number of anilines is 1. The van der Waals surface area contributed by atoms with Crippen LogP contribution >= 0.6 is 0 Å². The maximum Gasteiger partial charge on any atom is 0.0961 e. The molecule has 1 unspecified atom stereocenters. The number of aryl methyl sites for hydroxylation is 1. The minimum absolute atomic E-state index is 0.252. The molecule has 2 nitrogen and oxygen atoms in total. The van der Waals surface area contributed by atoms with E-state index in [4.69, 9.17) is 0 Å². The summed E-state index contributed by atoms with van der Waals surface area (Å²) >= 11 is 0. The molecule has 2 heteroatoms. The number of hydrogen-bond donors (Lipinski definition) is 2. The number of nitrogens with one attached hydrogen (secondary N) is 2. The Morgan fingerprint density at radius 3 is 2.54 bits per heavy atom. The van der Waals surface area contributed by atoms with Crippen LogP contribution in [0.2, 0.25) is 0 Å². The van der Waals surface area contributed by atoms with E-state index >= 15 is 0 Å². The Balaban J connectivity index is 1.69. The van der Waals surface area contributed by atoms with Crippen LogP contribution in [-0.2, 0) is 6.42 Å². The fraction of sp³-hybridized carbons (Fsp3) is 0.273. The molecule has 0 bridgehead atoms. The van der Waals surface area contributed by atoms with Crippen molar-refractivity contribution in [3.63, 3.8) is 0 Å². The van der Waals surface area contributed by atoms with Crippen LogP contribution in [0.15, 0.2) is 60.4 Å². The van der Waals surface area contributed by atoms with E-state index in [9.17, 15) is 0 Å². The molecule has 3 rings (SSSR count). The lowest BCUT2D eigenvalue weighted by Crippen LogP contribution is -2.30. The van der Waals surface area contributed by atoms with E-state index in [0.29, 0.717) is 0 Å². The zero-order valence-electron chi connectivity index (χ0n) is 15.0. The lowest BCUT2D eigenvalue weighted by Gasteiger charge is -2.21. The van der Waals surface area contributed by atoms with Crippen LogP contribution < -0.4 is 10.6 Å². The summed E-state index contributed by atoms with van der Waals surface area (Å²) < 4.78 is 0. The average Bonchev–Trinajstić information content (AvgIpc) is 2.89. The van der Waals surface area contributed by atoms with Crippen LogP contribution in [0.5, 0.6) is 0 Å². The number of rotatable bonds is 5. The van der Waals surface area contributed by atoms with Crippen LogP contribution in [-0.4, -0.2) is 6.04 Å². The number of allylic oxidation sites excluding steroid dienone is 1. The molecule has 2 aromatic rings. The second-order valence-corrected chi connectivity index (χ2v) is 6.70. The highest BCUT2D eigenvalue weighted by atomic mass is 15.1. The van der Waals surface area contributed by atoms with E-state index in [1.54, 1.807) is 0 Å². The van der Waals surface area contributed by atoms with E-state index in [2.05, 4.69) is 87.4 Å². The summed E-state index contributed by atoms with van der Waals surface area (Å²) in [7, 11) is 0. The molecule has 124 valence electrons. The maximum absolute atomic E-state index is 4.16. The van der Waals surface area contributed by atoms with Gasteiger partial charge in [-0.05, 0) is 73.6 Å². The molecule has 0 heterocycles. The summed E-state index contributed by atoms with van der Waals surface area (Å²) in [5.41, 5.74) is 9.30. The van der Waals surface area contributed by atoms with Gasteiger partial charge >= 0.3 is 0 Å². The smallest absolute Gasteiger partial charge is 0.0961 e. The van der Waals surface area contributed by atoms with Crippen molar-refractivity contribution in [2.75, 3.05) is 5.32 Å². The largest absolute Gasteiger partial charge is 0.366 e. The van der Waals surface area contributed by atoms with Crippen molar-refractivity contribution in [2.24, 2.45) is 0 Å². The van der Waals surface area contributed by atoms with Crippen molar-refractivity contribution in [3.05, 3.63) is 82.7 Å². The van der Waals surface area contributed by atoms with Gasteiger partial charge in [0, 0.05) is 11.7 Å². The molecule has 0 fully saturated rings. The topological polar surface area (TPSA) is 24.1 Å². The van der Waals surface area contributed by atoms with Gasteiger partial charge in [-0.3, -0.25) is 0 Å². The molecule has 0 aliphatic heterocycles. The Hall–Kier alpha value is -2.48. The second-order valence-electron chi connectivity index (χ2n) is 6.70. The Labute approximate surface area is 145 Å². The van der Waals surface area contributed by atoms with E-state index in [-0.39, 0.29) is 6.04 Å². The summed E-state index contributed by atoms with van der Waals surface area (Å²) in [5.74, 6) is 0.840. The standard InChI is InChI=1S/C22H26N2/c1-14-9-8-12-22(15(14)2)24-18(5)23-17(4)21-13-19-10-6-7-11-20(19)16(21)3/h6-12,17,23-24H,5,13H2,1-4H3. The molecule has 0 saturated heterocycles. The van der Waals surface area contributed by atoms with Gasteiger partial charge in [0.25, 0.3) is 0 Å². The van der Waals surface area contributed by atoms with Crippen molar-refractivity contribution in [3.8, 4) is 0 Å². The second kappa shape index (κ2) is 6.56. The minimum Gasteiger partial charge on any atom is -0.366 e. The molecule has 24 heavy (non-hydrogen) atoms. The van der Waals surface area contributed by atoms with Crippen molar-refractivity contribution in [1.29, 1.82) is 0 Å². The number of fused-ring (bicyclic) bond motifs is 1. The third-order valence-corrected chi connectivity index (χ3v) is 5.09. The van der Waals surface area contributed by atoms with Gasteiger partial charge in [0.1, 0.15) is 0 Å². The van der Waals surface area contributed by atoms with E-state index < -0.39 is 0 Å². The van der Waals surface area contributed by atoms with Gasteiger partial charge in [-0.15, -0.1) is 0 Å². The quantitative estimate of drug-likeness (QED) is 0.792. The van der Waals surface area contributed by atoms with Gasteiger partial charge in [0.2, 0.25) is 0 Å². The third kappa shape index (κ3) is 3.09. The zero-order chi connectivity index (χ0) is 17.3. The molecular weight excluding hydrogens is 292 g/mol. The van der Waals surface area contributed by atoms with Gasteiger partial charge in [0.15, 0.2) is 0 Å². The van der Waals surface area contributed by atoms with E-state index in [1.807, 2.05) is 0 Å². The summed E-state index contributed by atoms with van der Waals surface area (Å²) in [5, 5.41) is 6.93. The monoisotopic (exact) mass is 318 g/mol. The van der Waals surface area contributed by atoms with Crippen LogP contribution in [0, 0.1) is 13.8 Å². The van der Waals surface area contributed by atoms with Crippen LogP contribution in [0.1, 0.15) is 36.1 Å². The fourth-order valence-corrected chi connectivity index (χ4v) is 3.46. The Morgan fingerprint density at radius 2 is 1.79 bits per heavy atom. The average molecular weight is 318 g/mol. The van der Waals surface area contributed by atoms with Crippen LogP contribution in [0.4, 0.5) is 5.69 Å². The first kappa shape index (κ1) is 16.4. The molecule has 0 aromatic heterocycles. The molecule has 1 atom stereocenters. The molecule has 1 aliphatic rings. The lowest BCUT2D eigenvalue weighted by atomic mass is 10.0. The van der Waals surface area contributed by atoms with Gasteiger partial charge < -0.3 is 10.6 Å². The SMILES string of the molecule is C=C(Nc1cccc(C)c1C)NC(C)C1=C(C)c2ccccc2C1. The predicted octanol–water partition coefficient (Wildman–Crippen LogP) is 5.19. The maximum atomic E-state index is 4.16. The summed E-state index contributed by atoms with van der Waals surface area (Å²) in [6.45, 7) is 12.9. The number of benzene rings is 2. The Morgan fingerprint density at radius 1 is 1.04 bits per heavy atom. The molecule has 0 saturated carbocycles. The van der Waals surface area contributed by atoms with E-state index in [1.165, 1.54) is 33.4 Å². The van der Waals surface area contributed by atoms with Crippen molar-refractivity contribution < 1.29 is 0 Å². The fourth-order valence-electron chi connectivity index (χ4n) is 3.46.